The highest BCUT2D eigenvalue weighted by molar-refractivity contribution is 5.97. The number of benzene rings is 3. The zero-order valence-electron chi connectivity index (χ0n) is 25.5. The summed E-state index contributed by atoms with van der Waals surface area (Å²) in [6.07, 6.45) is 1.90. The molecule has 2 aliphatic heterocycles. The number of ether oxygens (including phenoxy) is 2. The van der Waals surface area contributed by atoms with E-state index >= 15 is 0 Å². The SMILES string of the molecule is C[N+]1(C(=O)C2CCCN2)CCN(CC(=O)NC(COCc2ccccc2)C(=O)Nc2ccc(Oc3ccc(F)cc3)cc2)CC1. The van der Waals surface area contributed by atoms with Gasteiger partial charge in [0, 0.05) is 18.8 Å². The molecule has 45 heavy (non-hydrogen) atoms. The third-order valence-corrected chi connectivity index (χ3v) is 8.30. The minimum absolute atomic E-state index is 0.0178. The molecule has 5 rings (SSSR count). The maximum Gasteiger partial charge on any atom is 0.330 e. The smallest absolute Gasteiger partial charge is 0.330 e. The second-order valence-corrected chi connectivity index (χ2v) is 11.8. The summed E-state index contributed by atoms with van der Waals surface area (Å²) < 4.78 is 25.1. The van der Waals surface area contributed by atoms with Crippen LogP contribution in [0.5, 0.6) is 11.5 Å². The van der Waals surface area contributed by atoms with Gasteiger partial charge in [-0.15, -0.1) is 0 Å². The van der Waals surface area contributed by atoms with Gasteiger partial charge in [-0.2, -0.15) is 0 Å². The van der Waals surface area contributed by atoms with Crippen LogP contribution < -0.4 is 20.7 Å². The second-order valence-electron chi connectivity index (χ2n) is 11.8. The lowest BCUT2D eigenvalue weighted by Gasteiger charge is -2.40. The lowest BCUT2D eigenvalue weighted by atomic mass is 10.1. The Morgan fingerprint density at radius 2 is 1.64 bits per heavy atom. The zero-order chi connectivity index (χ0) is 31.6. The first-order chi connectivity index (χ1) is 21.8. The van der Waals surface area contributed by atoms with Crippen LogP contribution in [-0.2, 0) is 25.7 Å². The van der Waals surface area contributed by atoms with E-state index in [1.54, 1.807) is 24.3 Å². The molecule has 0 saturated carbocycles. The number of likely N-dealkylation sites (N-methyl/N-ethyl adjacent to an activating group) is 1. The Labute approximate surface area is 263 Å². The molecule has 2 fully saturated rings. The van der Waals surface area contributed by atoms with E-state index in [4.69, 9.17) is 9.47 Å². The molecule has 2 atom stereocenters. The molecule has 2 aliphatic rings. The number of rotatable bonds is 12. The van der Waals surface area contributed by atoms with Crippen molar-refractivity contribution >= 4 is 23.4 Å². The average Bonchev–Trinajstić information content (AvgIpc) is 3.59. The van der Waals surface area contributed by atoms with E-state index in [0.717, 1.165) is 24.9 Å². The first-order valence-corrected chi connectivity index (χ1v) is 15.4. The van der Waals surface area contributed by atoms with E-state index in [2.05, 4.69) is 16.0 Å². The number of carbonyl (C=O) groups is 3. The second kappa shape index (κ2) is 15.2. The van der Waals surface area contributed by atoms with Crippen molar-refractivity contribution in [1.29, 1.82) is 0 Å². The van der Waals surface area contributed by atoms with Crippen molar-refractivity contribution in [2.45, 2.75) is 31.5 Å². The zero-order valence-corrected chi connectivity index (χ0v) is 25.5. The molecule has 2 saturated heterocycles. The molecule has 0 bridgehead atoms. The highest BCUT2D eigenvalue weighted by Crippen LogP contribution is 2.23. The van der Waals surface area contributed by atoms with E-state index in [0.29, 0.717) is 54.5 Å². The van der Waals surface area contributed by atoms with Crippen LogP contribution >= 0.6 is 0 Å². The Morgan fingerprint density at radius 1 is 0.978 bits per heavy atom. The number of quaternary nitrogens is 1. The number of hydrogen-bond acceptors (Lipinski definition) is 7. The van der Waals surface area contributed by atoms with Gasteiger partial charge in [0.1, 0.15) is 29.4 Å². The largest absolute Gasteiger partial charge is 0.457 e. The van der Waals surface area contributed by atoms with Crippen molar-refractivity contribution in [2.75, 3.05) is 58.2 Å². The standard InChI is InChI=1S/C34H40FN5O5/c1-40(34(43)30-8-5-17-36-30)20-18-39(19-21-40)22-32(41)38-31(24-44-23-25-6-3-2-4-7-25)33(42)37-27-11-15-29(16-12-27)45-28-13-9-26(35)10-14-28/h2-4,6-7,9-16,30-31,36H,5,8,17-24H2,1H3,(H-,37,38,41,42)/p+1. The molecule has 238 valence electrons. The van der Waals surface area contributed by atoms with E-state index in [1.165, 1.54) is 24.3 Å². The van der Waals surface area contributed by atoms with Crippen LogP contribution in [-0.4, -0.2) is 92.1 Å². The first kappa shape index (κ1) is 32.2. The molecule has 3 amide bonds. The molecule has 11 heteroatoms. The van der Waals surface area contributed by atoms with E-state index in [9.17, 15) is 18.8 Å². The summed E-state index contributed by atoms with van der Waals surface area (Å²) in [5, 5.41) is 9.01. The quantitative estimate of drug-likeness (QED) is 0.268. The minimum Gasteiger partial charge on any atom is -0.457 e. The van der Waals surface area contributed by atoms with Crippen LogP contribution in [0.4, 0.5) is 10.1 Å². The predicted molar refractivity (Wildman–Crippen MR) is 168 cm³/mol. The van der Waals surface area contributed by atoms with Crippen LogP contribution in [0.1, 0.15) is 18.4 Å². The molecule has 0 spiro atoms. The van der Waals surface area contributed by atoms with Crippen LogP contribution in [0.2, 0.25) is 0 Å². The third kappa shape index (κ3) is 9.18. The van der Waals surface area contributed by atoms with Gasteiger partial charge in [0.2, 0.25) is 11.8 Å². The normalized spacial score (nSPS) is 18.6. The highest BCUT2D eigenvalue weighted by Gasteiger charge is 2.41. The number of anilines is 1. The first-order valence-electron chi connectivity index (χ1n) is 15.4. The molecular weight excluding hydrogens is 577 g/mol. The Morgan fingerprint density at radius 3 is 2.29 bits per heavy atom. The van der Waals surface area contributed by atoms with E-state index in [1.807, 2.05) is 42.3 Å². The van der Waals surface area contributed by atoms with Crippen LogP contribution in [0, 0.1) is 5.82 Å². The van der Waals surface area contributed by atoms with Crippen molar-refractivity contribution in [1.82, 2.24) is 15.5 Å². The van der Waals surface area contributed by atoms with Gasteiger partial charge >= 0.3 is 5.91 Å². The minimum atomic E-state index is -0.933. The fourth-order valence-corrected chi connectivity index (χ4v) is 5.57. The van der Waals surface area contributed by atoms with Gasteiger partial charge in [-0.05, 0) is 73.5 Å². The lowest BCUT2D eigenvalue weighted by molar-refractivity contribution is -0.840. The summed E-state index contributed by atoms with van der Waals surface area (Å²) in [5.74, 6) is 0.174. The van der Waals surface area contributed by atoms with Crippen molar-refractivity contribution in [3.63, 3.8) is 0 Å². The average molecular weight is 619 g/mol. The summed E-state index contributed by atoms with van der Waals surface area (Å²) in [6, 6.07) is 21.0. The fraction of sp³-hybridized carbons (Fsp3) is 0.382. The monoisotopic (exact) mass is 618 g/mol. The lowest BCUT2D eigenvalue weighted by Crippen LogP contribution is -2.64. The molecule has 3 aromatic rings. The molecule has 10 nitrogen and oxygen atoms in total. The predicted octanol–water partition coefficient (Wildman–Crippen LogP) is 3.30. The summed E-state index contributed by atoms with van der Waals surface area (Å²) in [6.45, 7) is 3.76. The fourth-order valence-electron chi connectivity index (χ4n) is 5.57. The number of amides is 3. The Bertz CT molecular complexity index is 1420. The maximum atomic E-state index is 13.3. The highest BCUT2D eigenvalue weighted by atomic mass is 19.1. The van der Waals surface area contributed by atoms with Crippen molar-refractivity contribution < 1.29 is 32.7 Å². The van der Waals surface area contributed by atoms with Gasteiger partial charge < -0.3 is 25.4 Å². The molecule has 0 radical (unpaired) electrons. The van der Waals surface area contributed by atoms with Gasteiger partial charge in [0.25, 0.3) is 0 Å². The number of nitrogens with one attached hydrogen (secondary N) is 3. The molecule has 0 aliphatic carbocycles. The summed E-state index contributed by atoms with van der Waals surface area (Å²) >= 11 is 0. The number of halogens is 1. The van der Waals surface area contributed by atoms with Gasteiger partial charge in [0.15, 0.2) is 0 Å². The third-order valence-electron chi connectivity index (χ3n) is 8.30. The molecule has 2 unspecified atom stereocenters. The van der Waals surface area contributed by atoms with Crippen LogP contribution in [0.25, 0.3) is 0 Å². The van der Waals surface area contributed by atoms with Gasteiger partial charge in [0.05, 0.1) is 39.9 Å². The van der Waals surface area contributed by atoms with E-state index < -0.39 is 11.9 Å². The summed E-state index contributed by atoms with van der Waals surface area (Å²) in [5.41, 5.74) is 1.47. The number of carbonyl (C=O) groups excluding carboxylic acids is 3. The maximum absolute atomic E-state index is 13.3. The van der Waals surface area contributed by atoms with Crippen LogP contribution in [0.3, 0.4) is 0 Å². The molecule has 0 aromatic heterocycles. The Hall–Kier alpha value is -4.16. The molecule has 3 aromatic carbocycles. The van der Waals surface area contributed by atoms with Gasteiger partial charge in [-0.25, -0.2) is 9.18 Å². The van der Waals surface area contributed by atoms with E-state index in [-0.39, 0.29) is 36.8 Å². The Kier molecular flexibility index (Phi) is 10.9. The van der Waals surface area contributed by atoms with Crippen LogP contribution in [0.15, 0.2) is 78.9 Å². The summed E-state index contributed by atoms with van der Waals surface area (Å²) in [7, 11) is 1.98. The number of nitrogens with zero attached hydrogens (tertiary/aromatic N) is 2. The molecule has 2 heterocycles. The van der Waals surface area contributed by atoms with Gasteiger partial charge in [-0.3, -0.25) is 19.0 Å². The van der Waals surface area contributed by atoms with Crippen molar-refractivity contribution in [3.05, 3.63) is 90.2 Å². The summed E-state index contributed by atoms with van der Waals surface area (Å²) in [4.78, 5) is 41.6. The number of piperazine rings is 1. The molecular formula is C34H41FN5O5+. The van der Waals surface area contributed by atoms with Gasteiger partial charge in [-0.1, -0.05) is 30.3 Å². The van der Waals surface area contributed by atoms with Crippen molar-refractivity contribution in [2.24, 2.45) is 0 Å². The number of hydrogen-bond donors (Lipinski definition) is 3. The Balaban J connectivity index is 1.15. The van der Waals surface area contributed by atoms with Crippen molar-refractivity contribution in [3.8, 4) is 11.5 Å². The molecule has 3 N–H and O–H groups in total. The topological polar surface area (TPSA) is 109 Å².